The smallest absolute Gasteiger partial charge is 0.410 e. The van der Waals surface area contributed by atoms with Crippen molar-refractivity contribution < 1.29 is 29.0 Å². The number of carboxylic acids is 1. The van der Waals surface area contributed by atoms with Crippen LogP contribution in [-0.2, 0) is 16.0 Å². The second-order valence-corrected chi connectivity index (χ2v) is 8.45. The number of piperidine rings is 1. The van der Waals surface area contributed by atoms with Crippen LogP contribution in [0.15, 0.2) is 18.2 Å². The van der Waals surface area contributed by atoms with Crippen molar-refractivity contribution in [2.45, 2.75) is 58.6 Å². The summed E-state index contributed by atoms with van der Waals surface area (Å²) < 4.78 is 10.8. The Morgan fingerprint density at radius 3 is 2.37 bits per heavy atom. The highest BCUT2D eigenvalue weighted by atomic mass is 16.6. The lowest BCUT2D eigenvalue weighted by Crippen LogP contribution is -2.48. The van der Waals surface area contributed by atoms with Crippen molar-refractivity contribution in [3.05, 3.63) is 29.3 Å². The molecule has 1 aromatic carbocycles. The van der Waals surface area contributed by atoms with Crippen molar-refractivity contribution in [2.75, 3.05) is 26.7 Å². The van der Waals surface area contributed by atoms with Crippen LogP contribution in [0.25, 0.3) is 0 Å². The Balaban J connectivity index is 1.95. The number of carbonyl (C=O) groups excluding carboxylic acids is 2. The number of benzene rings is 1. The summed E-state index contributed by atoms with van der Waals surface area (Å²) in [6.07, 6.45) is 1.20. The van der Waals surface area contributed by atoms with Gasteiger partial charge in [-0.05, 0) is 58.2 Å². The Labute approximate surface area is 177 Å². The van der Waals surface area contributed by atoms with E-state index in [0.717, 1.165) is 0 Å². The number of hydrogen-bond donors (Lipinski definition) is 1. The molecule has 0 aromatic heterocycles. The molecule has 0 bridgehead atoms. The molecular formula is C22H32N2O6. The number of carboxylic acid groups (broad SMARTS) is 1. The van der Waals surface area contributed by atoms with Gasteiger partial charge >= 0.3 is 12.1 Å². The standard InChI is InChI=1S/C22H32N2O6/c1-6-29-18-13-15(7-8-17(18)20(26)27)14-19(25)23(5)16-9-11-24(12-10-16)21(28)30-22(2,3)4/h7-8,13,16H,6,9-12,14H2,1-5H3,(H,26,27). The van der Waals surface area contributed by atoms with E-state index in [0.29, 0.717) is 38.1 Å². The molecule has 0 aliphatic carbocycles. The minimum Gasteiger partial charge on any atom is -0.493 e. The van der Waals surface area contributed by atoms with E-state index in [1.165, 1.54) is 6.07 Å². The minimum absolute atomic E-state index is 0.0424. The molecule has 1 heterocycles. The highest BCUT2D eigenvalue weighted by Crippen LogP contribution is 2.23. The van der Waals surface area contributed by atoms with Gasteiger partial charge in [0.15, 0.2) is 0 Å². The van der Waals surface area contributed by atoms with Gasteiger partial charge in [-0.15, -0.1) is 0 Å². The summed E-state index contributed by atoms with van der Waals surface area (Å²) in [4.78, 5) is 39.7. The van der Waals surface area contributed by atoms with Crippen molar-refractivity contribution in [1.82, 2.24) is 9.80 Å². The molecule has 1 aromatic rings. The normalized spacial score (nSPS) is 14.9. The minimum atomic E-state index is -1.06. The Hall–Kier alpha value is -2.77. The number of carbonyl (C=O) groups is 3. The predicted molar refractivity (Wildman–Crippen MR) is 112 cm³/mol. The van der Waals surface area contributed by atoms with Gasteiger partial charge < -0.3 is 24.4 Å². The van der Waals surface area contributed by atoms with E-state index < -0.39 is 11.6 Å². The number of hydrogen-bond acceptors (Lipinski definition) is 5. The largest absolute Gasteiger partial charge is 0.493 e. The summed E-state index contributed by atoms with van der Waals surface area (Å²) in [5.74, 6) is -0.856. The van der Waals surface area contributed by atoms with Gasteiger partial charge in [-0.3, -0.25) is 4.79 Å². The molecule has 8 nitrogen and oxygen atoms in total. The molecule has 8 heteroatoms. The first-order valence-corrected chi connectivity index (χ1v) is 10.2. The van der Waals surface area contributed by atoms with Crippen LogP contribution in [0.1, 0.15) is 56.5 Å². The number of amides is 2. The SMILES string of the molecule is CCOc1cc(CC(=O)N(C)C2CCN(C(=O)OC(C)(C)C)CC2)ccc1C(=O)O. The molecule has 0 spiro atoms. The van der Waals surface area contributed by atoms with Crippen LogP contribution in [0.3, 0.4) is 0 Å². The Morgan fingerprint density at radius 1 is 1.20 bits per heavy atom. The molecule has 2 rings (SSSR count). The third-order valence-corrected chi connectivity index (χ3v) is 4.99. The van der Waals surface area contributed by atoms with E-state index in [1.807, 2.05) is 20.8 Å². The predicted octanol–water partition coefficient (Wildman–Crippen LogP) is 3.18. The Bertz CT molecular complexity index is 778. The van der Waals surface area contributed by atoms with E-state index in [4.69, 9.17) is 9.47 Å². The third-order valence-electron chi connectivity index (χ3n) is 4.99. The van der Waals surface area contributed by atoms with E-state index in [2.05, 4.69) is 0 Å². The third kappa shape index (κ3) is 6.37. The van der Waals surface area contributed by atoms with Crippen molar-refractivity contribution in [3.8, 4) is 5.75 Å². The fourth-order valence-electron chi connectivity index (χ4n) is 3.39. The summed E-state index contributed by atoms with van der Waals surface area (Å²) in [5, 5.41) is 9.25. The molecular weight excluding hydrogens is 388 g/mol. The molecule has 1 N–H and O–H groups in total. The van der Waals surface area contributed by atoms with Gasteiger partial charge in [0.1, 0.15) is 16.9 Å². The number of likely N-dealkylation sites (N-methyl/N-ethyl adjacent to an activating group) is 1. The lowest BCUT2D eigenvalue weighted by Gasteiger charge is -2.37. The summed E-state index contributed by atoms with van der Waals surface area (Å²) in [6, 6.07) is 4.77. The maximum atomic E-state index is 12.8. The second-order valence-electron chi connectivity index (χ2n) is 8.45. The summed E-state index contributed by atoms with van der Waals surface area (Å²) in [5.41, 5.74) is 0.249. The maximum absolute atomic E-state index is 12.8. The number of likely N-dealkylation sites (tertiary alicyclic amines) is 1. The van der Waals surface area contributed by atoms with Gasteiger partial charge in [-0.25, -0.2) is 9.59 Å². The van der Waals surface area contributed by atoms with Crippen LogP contribution in [0.4, 0.5) is 4.79 Å². The highest BCUT2D eigenvalue weighted by Gasteiger charge is 2.30. The molecule has 0 atom stereocenters. The zero-order valence-electron chi connectivity index (χ0n) is 18.4. The maximum Gasteiger partial charge on any atom is 0.410 e. The zero-order valence-corrected chi connectivity index (χ0v) is 18.4. The highest BCUT2D eigenvalue weighted by molar-refractivity contribution is 5.91. The van der Waals surface area contributed by atoms with Crippen LogP contribution in [0.5, 0.6) is 5.75 Å². The molecule has 1 aliphatic rings. The van der Waals surface area contributed by atoms with Crippen LogP contribution in [0.2, 0.25) is 0 Å². The lowest BCUT2D eigenvalue weighted by molar-refractivity contribution is -0.132. The Morgan fingerprint density at radius 2 is 1.83 bits per heavy atom. The van der Waals surface area contributed by atoms with Crippen molar-refractivity contribution >= 4 is 18.0 Å². The lowest BCUT2D eigenvalue weighted by atomic mass is 10.0. The molecule has 0 radical (unpaired) electrons. The number of aromatic carboxylic acids is 1. The molecule has 1 saturated heterocycles. The average molecular weight is 421 g/mol. The number of ether oxygens (including phenoxy) is 2. The van der Waals surface area contributed by atoms with E-state index >= 15 is 0 Å². The average Bonchev–Trinajstić information content (AvgIpc) is 2.66. The molecule has 1 aliphatic heterocycles. The quantitative estimate of drug-likeness (QED) is 0.759. The molecule has 1 fully saturated rings. The van der Waals surface area contributed by atoms with Crippen LogP contribution in [-0.4, -0.2) is 71.3 Å². The van der Waals surface area contributed by atoms with Crippen molar-refractivity contribution in [1.29, 1.82) is 0 Å². The van der Waals surface area contributed by atoms with Gasteiger partial charge in [0, 0.05) is 26.2 Å². The van der Waals surface area contributed by atoms with Crippen molar-refractivity contribution in [2.24, 2.45) is 0 Å². The van der Waals surface area contributed by atoms with Crippen molar-refractivity contribution in [3.63, 3.8) is 0 Å². The van der Waals surface area contributed by atoms with E-state index in [-0.39, 0.29) is 35.8 Å². The molecule has 0 saturated carbocycles. The van der Waals surface area contributed by atoms with Crippen LogP contribution in [0, 0.1) is 0 Å². The van der Waals surface area contributed by atoms with Crippen LogP contribution >= 0.6 is 0 Å². The summed E-state index contributed by atoms with van der Waals surface area (Å²) in [7, 11) is 1.77. The first kappa shape index (κ1) is 23.5. The van der Waals surface area contributed by atoms with Gasteiger partial charge in [-0.2, -0.15) is 0 Å². The van der Waals surface area contributed by atoms with E-state index in [1.54, 1.807) is 35.9 Å². The first-order valence-electron chi connectivity index (χ1n) is 10.2. The number of rotatable bonds is 6. The Kier molecular flexibility index (Phi) is 7.70. The fourth-order valence-corrected chi connectivity index (χ4v) is 3.39. The second kappa shape index (κ2) is 9.82. The molecule has 0 unspecified atom stereocenters. The molecule has 30 heavy (non-hydrogen) atoms. The topological polar surface area (TPSA) is 96.4 Å². The van der Waals surface area contributed by atoms with Gasteiger partial charge in [0.05, 0.1) is 13.0 Å². The van der Waals surface area contributed by atoms with Gasteiger partial charge in [-0.1, -0.05) is 6.07 Å². The number of nitrogens with zero attached hydrogens (tertiary/aromatic N) is 2. The fraction of sp³-hybridized carbons (Fsp3) is 0.591. The zero-order chi connectivity index (χ0) is 22.5. The summed E-state index contributed by atoms with van der Waals surface area (Å²) in [6.45, 7) is 8.71. The van der Waals surface area contributed by atoms with E-state index in [9.17, 15) is 19.5 Å². The van der Waals surface area contributed by atoms with Crippen LogP contribution < -0.4 is 4.74 Å². The first-order chi connectivity index (χ1) is 14.0. The monoisotopic (exact) mass is 420 g/mol. The van der Waals surface area contributed by atoms with Gasteiger partial charge in [0.2, 0.25) is 5.91 Å². The molecule has 2 amide bonds. The summed E-state index contributed by atoms with van der Waals surface area (Å²) >= 11 is 0. The van der Waals surface area contributed by atoms with Gasteiger partial charge in [0.25, 0.3) is 0 Å². The molecule has 166 valence electrons.